The molecule has 3 N–H and O–H groups in total. The van der Waals surface area contributed by atoms with Crippen molar-refractivity contribution < 1.29 is 0 Å². The molecule has 0 aromatic carbocycles. The summed E-state index contributed by atoms with van der Waals surface area (Å²) in [6.45, 7) is 3.32. The lowest BCUT2D eigenvalue weighted by Gasteiger charge is -2.24. The van der Waals surface area contributed by atoms with Gasteiger partial charge in [-0.1, -0.05) is 6.07 Å². The van der Waals surface area contributed by atoms with Gasteiger partial charge in [0, 0.05) is 38.1 Å². The normalized spacial score (nSPS) is 10.4. The molecule has 2 rings (SSSR count). The Morgan fingerprint density at radius 3 is 2.86 bits per heavy atom. The van der Waals surface area contributed by atoms with Gasteiger partial charge in [0.15, 0.2) is 0 Å². The third-order valence-corrected chi connectivity index (χ3v) is 3.59. The zero-order valence-electron chi connectivity index (χ0n) is 11.9. The quantitative estimate of drug-likeness (QED) is 0.622. The van der Waals surface area contributed by atoms with E-state index in [1.165, 1.54) is 0 Å². The van der Waals surface area contributed by atoms with E-state index in [9.17, 15) is 0 Å². The van der Waals surface area contributed by atoms with Crippen LogP contribution in [-0.2, 0) is 6.54 Å². The van der Waals surface area contributed by atoms with Crippen molar-refractivity contribution >= 4 is 27.6 Å². The van der Waals surface area contributed by atoms with E-state index < -0.39 is 0 Å². The van der Waals surface area contributed by atoms with E-state index in [0.29, 0.717) is 19.5 Å². The standard InChI is InChI=1S/C15H18BrN5/c1-11-7-13(16)15(20-8-11)21(6-4-14(17)18)10-12-3-2-5-19-9-12/h2-3,5,7-9H,4,6,10H2,1H3,(H3,17,18). The van der Waals surface area contributed by atoms with Gasteiger partial charge in [-0.2, -0.15) is 0 Å². The Labute approximate surface area is 132 Å². The van der Waals surface area contributed by atoms with Gasteiger partial charge < -0.3 is 10.6 Å². The number of hydrogen-bond donors (Lipinski definition) is 2. The second-order valence-corrected chi connectivity index (χ2v) is 5.73. The van der Waals surface area contributed by atoms with Crippen LogP contribution in [0.5, 0.6) is 0 Å². The van der Waals surface area contributed by atoms with Gasteiger partial charge in [0.1, 0.15) is 5.82 Å². The summed E-state index contributed by atoms with van der Waals surface area (Å²) >= 11 is 3.56. The van der Waals surface area contributed by atoms with Gasteiger partial charge in [-0.3, -0.25) is 10.4 Å². The third kappa shape index (κ3) is 4.53. The second kappa shape index (κ2) is 7.17. The molecule has 0 radical (unpaired) electrons. The zero-order valence-corrected chi connectivity index (χ0v) is 13.5. The lowest BCUT2D eigenvalue weighted by atomic mass is 10.2. The average molecular weight is 348 g/mol. The number of anilines is 1. The van der Waals surface area contributed by atoms with Crippen molar-refractivity contribution in [3.8, 4) is 0 Å². The van der Waals surface area contributed by atoms with Crippen molar-refractivity contribution in [2.75, 3.05) is 11.4 Å². The minimum absolute atomic E-state index is 0.175. The van der Waals surface area contributed by atoms with Crippen LogP contribution < -0.4 is 10.6 Å². The fourth-order valence-corrected chi connectivity index (χ4v) is 2.70. The van der Waals surface area contributed by atoms with Crippen LogP contribution in [0.1, 0.15) is 17.5 Å². The Bertz CT molecular complexity index is 615. The summed E-state index contributed by atoms with van der Waals surface area (Å²) in [5.41, 5.74) is 7.68. The number of hydrogen-bond acceptors (Lipinski definition) is 4. The summed E-state index contributed by atoms with van der Waals surface area (Å²) in [6.07, 6.45) is 5.93. The number of aromatic nitrogens is 2. The van der Waals surface area contributed by atoms with E-state index in [-0.39, 0.29) is 5.84 Å². The second-order valence-electron chi connectivity index (χ2n) is 4.88. The summed E-state index contributed by atoms with van der Waals surface area (Å²) in [7, 11) is 0. The molecule has 0 bridgehead atoms. The maximum absolute atomic E-state index is 7.42. The summed E-state index contributed by atoms with van der Waals surface area (Å²) in [5.74, 6) is 1.03. The fourth-order valence-electron chi connectivity index (χ4n) is 1.99. The van der Waals surface area contributed by atoms with Crippen molar-refractivity contribution in [3.05, 3.63) is 52.4 Å². The lowest BCUT2D eigenvalue weighted by molar-refractivity contribution is 0.781. The molecule has 0 spiro atoms. The number of nitrogens with two attached hydrogens (primary N) is 1. The minimum Gasteiger partial charge on any atom is -0.388 e. The van der Waals surface area contributed by atoms with E-state index in [2.05, 4.69) is 30.8 Å². The molecule has 2 aromatic rings. The molecular formula is C15H18BrN5. The minimum atomic E-state index is 0.175. The van der Waals surface area contributed by atoms with Crippen LogP contribution in [0.3, 0.4) is 0 Å². The van der Waals surface area contributed by atoms with Gasteiger partial charge in [0.2, 0.25) is 0 Å². The smallest absolute Gasteiger partial charge is 0.143 e. The Morgan fingerprint density at radius 1 is 1.43 bits per heavy atom. The largest absolute Gasteiger partial charge is 0.388 e. The van der Waals surface area contributed by atoms with Crippen LogP contribution in [0.4, 0.5) is 5.82 Å². The maximum atomic E-state index is 7.42. The van der Waals surface area contributed by atoms with Crippen LogP contribution in [0, 0.1) is 12.3 Å². The molecule has 0 aliphatic rings. The topological polar surface area (TPSA) is 78.9 Å². The highest BCUT2D eigenvalue weighted by molar-refractivity contribution is 9.10. The van der Waals surface area contributed by atoms with E-state index in [0.717, 1.165) is 21.4 Å². The highest BCUT2D eigenvalue weighted by Crippen LogP contribution is 2.26. The first kappa shape index (κ1) is 15.4. The molecular weight excluding hydrogens is 330 g/mol. The van der Waals surface area contributed by atoms with Gasteiger partial charge in [-0.25, -0.2) is 4.98 Å². The first-order chi connectivity index (χ1) is 10.1. The zero-order chi connectivity index (χ0) is 15.2. The Kier molecular flexibility index (Phi) is 5.27. The maximum Gasteiger partial charge on any atom is 0.143 e. The number of halogens is 1. The molecule has 21 heavy (non-hydrogen) atoms. The number of nitrogens with zero attached hydrogens (tertiary/aromatic N) is 3. The third-order valence-electron chi connectivity index (χ3n) is 3.01. The molecule has 0 saturated heterocycles. The molecule has 110 valence electrons. The molecule has 0 atom stereocenters. The van der Waals surface area contributed by atoms with E-state index in [1.54, 1.807) is 6.20 Å². The van der Waals surface area contributed by atoms with E-state index >= 15 is 0 Å². The van der Waals surface area contributed by atoms with Crippen LogP contribution in [0.25, 0.3) is 0 Å². The van der Waals surface area contributed by atoms with Crippen LogP contribution in [0.2, 0.25) is 0 Å². The highest BCUT2D eigenvalue weighted by Gasteiger charge is 2.13. The SMILES string of the molecule is Cc1cnc(N(CCC(=N)N)Cc2cccnc2)c(Br)c1. The molecule has 0 aliphatic heterocycles. The molecule has 0 saturated carbocycles. The molecule has 2 aromatic heterocycles. The van der Waals surface area contributed by atoms with Crippen molar-refractivity contribution in [2.24, 2.45) is 5.73 Å². The monoisotopic (exact) mass is 347 g/mol. The summed E-state index contributed by atoms with van der Waals surface area (Å²) < 4.78 is 0.940. The van der Waals surface area contributed by atoms with Gasteiger partial charge in [0.05, 0.1) is 10.3 Å². The molecule has 6 heteroatoms. The summed E-state index contributed by atoms with van der Waals surface area (Å²) in [4.78, 5) is 10.7. The van der Waals surface area contributed by atoms with Crippen LogP contribution in [0.15, 0.2) is 41.3 Å². The first-order valence-corrected chi connectivity index (χ1v) is 7.44. The van der Waals surface area contributed by atoms with Crippen molar-refractivity contribution in [1.29, 1.82) is 5.41 Å². The predicted octanol–water partition coefficient (Wildman–Crippen LogP) is 2.88. The van der Waals surface area contributed by atoms with Crippen LogP contribution in [-0.4, -0.2) is 22.3 Å². The molecule has 0 fully saturated rings. The Balaban J connectivity index is 2.24. The van der Waals surface area contributed by atoms with E-state index in [1.807, 2.05) is 37.5 Å². The number of aryl methyl sites for hydroxylation is 1. The van der Waals surface area contributed by atoms with Gasteiger partial charge >= 0.3 is 0 Å². The molecule has 0 amide bonds. The number of rotatable bonds is 6. The van der Waals surface area contributed by atoms with Gasteiger partial charge in [0.25, 0.3) is 0 Å². The Morgan fingerprint density at radius 2 is 2.24 bits per heavy atom. The molecule has 2 heterocycles. The number of amidine groups is 1. The molecule has 0 aliphatic carbocycles. The van der Waals surface area contributed by atoms with E-state index in [4.69, 9.17) is 11.1 Å². The molecule has 0 unspecified atom stereocenters. The predicted molar refractivity (Wildman–Crippen MR) is 88.5 cm³/mol. The highest BCUT2D eigenvalue weighted by atomic mass is 79.9. The fraction of sp³-hybridized carbons (Fsp3) is 0.267. The molecule has 5 nitrogen and oxygen atoms in total. The lowest BCUT2D eigenvalue weighted by Crippen LogP contribution is -2.28. The number of nitrogens with one attached hydrogen (secondary N) is 1. The summed E-state index contributed by atoms with van der Waals surface area (Å²) in [6, 6.07) is 5.97. The number of pyridine rings is 2. The van der Waals surface area contributed by atoms with Crippen molar-refractivity contribution in [2.45, 2.75) is 19.9 Å². The van der Waals surface area contributed by atoms with Gasteiger partial charge in [-0.15, -0.1) is 0 Å². The average Bonchev–Trinajstić information content (AvgIpc) is 2.45. The summed E-state index contributed by atoms with van der Waals surface area (Å²) in [5, 5.41) is 7.42. The first-order valence-electron chi connectivity index (χ1n) is 6.65. The van der Waals surface area contributed by atoms with Crippen LogP contribution >= 0.6 is 15.9 Å². The van der Waals surface area contributed by atoms with Gasteiger partial charge in [-0.05, 0) is 46.1 Å². The van der Waals surface area contributed by atoms with Crippen molar-refractivity contribution in [1.82, 2.24) is 9.97 Å². The Hall–Kier alpha value is -1.95. The van der Waals surface area contributed by atoms with Crippen molar-refractivity contribution in [3.63, 3.8) is 0 Å².